The predicted molar refractivity (Wildman–Crippen MR) is 198 cm³/mol. The normalized spacial score (nSPS) is 11.9. The molecule has 0 amide bonds. The average Bonchev–Trinajstić information content (AvgIpc) is 3.80. The minimum absolute atomic E-state index is 0.0525. The molecule has 8 aromatic rings. The van der Waals surface area contributed by atoms with Crippen molar-refractivity contribution < 1.29 is 35.2 Å². The molecular formula is C37H20Cl3F6N7O4. The van der Waals surface area contributed by atoms with Crippen LogP contribution in [0.4, 0.5) is 26.3 Å². The Hall–Kier alpha value is -6.04. The van der Waals surface area contributed by atoms with Crippen molar-refractivity contribution in [3.8, 4) is 34.7 Å². The van der Waals surface area contributed by atoms with Gasteiger partial charge in [-0.15, -0.1) is 0 Å². The zero-order valence-electron chi connectivity index (χ0n) is 28.7. The highest BCUT2D eigenvalue weighted by Crippen LogP contribution is 2.35. The number of alkyl halides is 6. The third-order valence-electron chi connectivity index (χ3n) is 8.15. The highest BCUT2D eigenvalue weighted by molar-refractivity contribution is 6.32. The molecular weight excluding hydrogens is 827 g/mol. The molecule has 290 valence electrons. The van der Waals surface area contributed by atoms with Crippen molar-refractivity contribution in [2.24, 2.45) is 0 Å². The zero-order chi connectivity index (χ0) is 41.0. The second kappa shape index (κ2) is 14.8. The van der Waals surface area contributed by atoms with Crippen LogP contribution in [0.1, 0.15) is 22.5 Å². The van der Waals surface area contributed by atoms with E-state index in [4.69, 9.17) is 43.6 Å². The predicted octanol–water partition coefficient (Wildman–Crippen LogP) is 10.1. The number of pyridine rings is 1. The number of benzene rings is 3. The van der Waals surface area contributed by atoms with E-state index in [1.165, 1.54) is 30.5 Å². The Morgan fingerprint density at radius 3 is 1.56 bits per heavy atom. The fraction of sp³-hybridized carbons (Fsp3) is 0.108. The minimum atomic E-state index is -4.75. The summed E-state index contributed by atoms with van der Waals surface area (Å²) < 4.78 is 91.9. The van der Waals surface area contributed by atoms with Gasteiger partial charge in [0.2, 0.25) is 11.8 Å². The molecule has 0 saturated heterocycles. The number of nitrogens with zero attached hydrogens (tertiary/aromatic N) is 7. The Bertz CT molecular complexity index is 2960. The van der Waals surface area contributed by atoms with Crippen LogP contribution < -0.4 is 11.3 Å². The number of aryl methyl sites for hydroxylation is 2. The zero-order valence-corrected chi connectivity index (χ0v) is 31.0. The molecule has 8 rings (SSSR count). The number of hydrogen-bond donors (Lipinski definition) is 0. The van der Waals surface area contributed by atoms with Gasteiger partial charge in [0.1, 0.15) is 11.4 Å². The molecule has 0 aliphatic heterocycles. The molecule has 5 aromatic heterocycles. The molecule has 0 unspecified atom stereocenters. The van der Waals surface area contributed by atoms with Gasteiger partial charge in [0.25, 0.3) is 0 Å². The number of fused-ring (bicyclic) bond motifs is 2. The van der Waals surface area contributed by atoms with Gasteiger partial charge in [-0.05, 0) is 73.5 Å². The van der Waals surface area contributed by atoms with Crippen LogP contribution in [0.25, 0.3) is 56.5 Å². The van der Waals surface area contributed by atoms with Crippen LogP contribution in [0.3, 0.4) is 0 Å². The third-order valence-corrected chi connectivity index (χ3v) is 8.89. The van der Waals surface area contributed by atoms with Crippen molar-refractivity contribution in [1.82, 2.24) is 34.5 Å². The van der Waals surface area contributed by atoms with Gasteiger partial charge in [0, 0.05) is 28.4 Å². The van der Waals surface area contributed by atoms with E-state index in [1.807, 2.05) is 0 Å². The van der Waals surface area contributed by atoms with Gasteiger partial charge in [-0.3, -0.25) is 0 Å². The third kappa shape index (κ3) is 7.85. The van der Waals surface area contributed by atoms with E-state index in [0.717, 1.165) is 15.4 Å². The summed E-state index contributed by atoms with van der Waals surface area (Å²) in [5.74, 6) is -0.704. The van der Waals surface area contributed by atoms with E-state index in [9.17, 15) is 35.9 Å². The molecule has 0 aliphatic carbocycles. The van der Waals surface area contributed by atoms with Crippen molar-refractivity contribution >= 4 is 56.6 Å². The quantitative estimate of drug-likeness (QED) is 0.159. The number of halogens is 9. The lowest BCUT2D eigenvalue weighted by Gasteiger charge is -2.08. The summed E-state index contributed by atoms with van der Waals surface area (Å²) in [4.78, 5) is 37.3. The second-order valence-corrected chi connectivity index (χ2v) is 13.4. The average molecular weight is 847 g/mol. The summed E-state index contributed by atoms with van der Waals surface area (Å²) in [6.07, 6.45) is -8.08. The largest absolute Gasteiger partial charge is 0.435 e. The SMILES string of the molecule is Cc1cc(Cl)cc2c(=O)oc(-c3cc(C(F)(F)F)nn3-c3ccccc3)nc12.Cc1cc(Cl)cc2c(=O)oc(-c3cc(C(F)(F)F)nn3-c3ncccc3Cl)nc12. The van der Waals surface area contributed by atoms with Gasteiger partial charge < -0.3 is 8.83 Å². The molecule has 20 heteroatoms. The molecule has 3 aromatic carbocycles. The van der Waals surface area contributed by atoms with Crippen LogP contribution in [0.15, 0.2) is 103 Å². The Balaban J connectivity index is 0.000000174. The summed E-state index contributed by atoms with van der Waals surface area (Å²) >= 11 is 18.0. The lowest BCUT2D eigenvalue weighted by Crippen LogP contribution is -2.09. The summed E-state index contributed by atoms with van der Waals surface area (Å²) in [6.45, 7) is 3.36. The van der Waals surface area contributed by atoms with Crippen LogP contribution in [-0.4, -0.2) is 34.5 Å². The number of rotatable bonds is 4. The molecule has 0 radical (unpaired) electrons. The van der Waals surface area contributed by atoms with Gasteiger partial charge in [-0.1, -0.05) is 53.0 Å². The van der Waals surface area contributed by atoms with Gasteiger partial charge in [-0.25, -0.2) is 33.9 Å². The number of aromatic nitrogens is 7. The van der Waals surface area contributed by atoms with Crippen LogP contribution in [0, 0.1) is 13.8 Å². The molecule has 57 heavy (non-hydrogen) atoms. The van der Waals surface area contributed by atoms with Crippen molar-refractivity contribution in [3.63, 3.8) is 0 Å². The lowest BCUT2D eigenvalue weighted by molar-refractivity contribution is -0.142. The first-order valence-corrected chi connectivity index (χ1v) is 17.3. The molecule has 5 heterocycles. The smallest absolute Gasteiger partial charge is 0.401 e. The van der Waals surface area contributed by atoms with Crippen LogP contribution in [0.5, 0.6) is 0 Å². The van der Waals surface area contributed by atoms with Crippen molar-refractivity contribution in [2.45, 2.75) is 26.2 Å². The fourth-order valence-electron chi connectivity index (χ4n) is 5.64. The molecule has 0 aliphatic rings. The van der Waals surface area contributed by atoms with E-state index < -0.39 is 35.0 Å². The molecule has 0 spiro atoms. The van der Waals surface area contributed by atoms with Gasteiger partial charge >= 0.3 is 23.6 Å². The maximum atomic E-state index is 13.3. The highest BCUT2D eigenvalue weighted by atomic mass is 35.5. The summed E-state index contributed by atoms with van der Waals surface area (Å²) in [5.41, 5.74) is -2.15. The van der Waals surface area contributed by atoms with Gasteiger partial charge in [0.15, 0.2) is 17.2 Å². The Kier molecular flexibility index (Phi) is 10.2. The van der Waals surface area contributed by atoms with Crippen molar-refractivity contribution in [1.29, 1.82) is 0 Å². The topological polar surface area (TPSA) is 135 Å². The maximum absolute atomic E-state index is 13.3. The van der Waals surface area contributed by atoms with Crippen LogP contribution >= 0.6 is 34.8 Å². The van der Waals surface area contributed by atoms with E-state index in [2.05, 4.69) is 25.1 Å². The molecule has 0 saturated carbocycles. The first-order valence-electron chi connectivity index (χ1n) is 16.1. The van der Waals surface area contributed by atoms with Crippen LogP contribution in [0.2, 0.25) is 15.1 Å². The van der Waals surface area contributed by atoms with E-state index >= 15 is 0 Å². The van der Waals surface area contributed by atoms with Crippen molar-refractivity contribution in [2.75, 3.05) is 0 Å². The molecule has 0 bridgehead atoms. The van der Waals surface area contributed by atoms with Gasteiger partial charge in [-0.2, -0.15) is 36.5 Å². The number of hydrogen-bond acceptors (Lipinski definition) is 9. The molecule has 0 atom stereocenters. The van der Waals surface area contributed by atoms with E-state index in [1.54, 1.807) is 56.3 Å². The first-order chi connectivity index (χ1) is 26.9. The van der Waals surface area contributed by atoms with E-state index in [0.29, 0.717) is 38.4 Å². The highest BCUT2D eigenvalue weighted by Gasteiger charge is 2.37. The van der Waals surface area contributed by atoms with Crippen LogP contribution in [-0.2, 0) is 12.4 Å². The maximum Gasteiger partial charge on any atom is 0.435 e. The van der Waals surface area contributed by atoms with E-state index in [-0.39, 0.29) is 50.3 Å². The molecule has 0 N–H and O–H groups in total. The Labute approximate surface area is 329 Å². The monoisotopic (exact) mass is 845 g/mol. The fourth-order valence-corrected chi connectivity index (χ4v) is 6.38. The lowest BCUT2D eigenvalue weighted by atomic mass is 10.1. The Morgan fingerprint density at radius 1 is 0.614 bits per heavy atom. The van der Waals surface area contributed by atoms with Crippen molar-refractivity contribution in [3.05, 3.63) is 143 Å². The summed E-state index contributed by atoms with van der Waals surface area (Å²) in [7, 11) is 0. The number of para-hydroxylation sites is 1. The molecule has 0 fully saturated rings. The first kappa shape index (κ1) is 39.2. The van der Waals surface area contributed by atoms with Gasteiger partial charge in [0.05, 0.1) is 32.5 Å². The Morgan fingerprint density at radius 2 is 1.09 bits per heavy atom. The molecule has 11 nitrogen and oxygen atoms in total. The summed E-state index contributed by atoms with van der Waals surface area (Å²) in [6, 6.07) is 18.6. The minimum Gasteiger partial charge on any atom is -0.401 e. The summed E-state index contributed by atoms with van der Waals surface area (Å²) in [5, 5.41) is 8.15. The second-order valence-electron chi connectivity index (χ2n) is 12.1. The standard InChI is InChI=1S/C19H11ClF3N3O2.C18H9Cl2F3N4O2/c1-10-7-11(20)8-13-16(10)24-17(28-18(13)27)14-9-15(19(21,22)23)25-26(14)12-5-3-2-4-6-12;1-8-5-9(19)6-10-14(8)25-16(29-17(10)28)12-7-13(18(21,22)23)26-27(12)15-11(20)3-2-4-24-15/h2-9H,1H3;2-7H,1H3.